The van der Waals surface area contributed by atoms with Crippen molar-refractivity contribution in [2.75, 3.05) is 13.1 Å². The summed E-state index contributed by atoms with van der Waals surface area (Å²) in [6, 6.07) is 7.83. The van der Waals surface area contributed by atoms with Gasteiger partial charge >= 0.3 is 0 Å². The van der Waals surface area contributed by atoms with Gasteiger partial charge in [-0.25, -0.2) is 4.68 Å². The van der Waals surface area contributed by atoms with Crippen LogP contribution in [-0.4, -0.2) is 44.6 Å². The highest BCUT2D eigenvalue weighted by atomic mass is 16.6. The summed E-state index contributed by atoms with van der Waals surface area (Å²) in [5, 5.41) is 15.0. The maximum Gasteiger partial charge on any atom is 0.274 e. The molecule has 2 heterocycles. The summed E-state index contributed by atoms with van der Waals surface area (Å²) in [5.41, 5.74) is 6.74. The van der Waals surface area contributed by atoms with Crippen LogP contribution in [0.3, 0.4) is 0 Å². The molecule has 1 aliphatic rings. The number of amides is 1. The summed E-state index contributed by atoms with van der Waals surface area (Å²) in [6.07, 6.45) is 2.58. The summed E-state index contributed by atoms with van der Waals surface area (Å²) in [4.78, 5) is 24.7. The lowest BCUT2D eigenvalue weighted by atomic mass is 10.1. The second-order valence-electron chi connectivity index (χ2n) is 6.06. The van der Waals surface area contributed by atoms with Gasteiger partial charge in [0.1, 0.15) is 0 Å². The number of likely N-dealkylation sites (tertiary alicyclic amines) is 1. The highest BCUT2D eigenvalue weighted by Crippen LogP contribution is 2.24. The van der Waals surface area contributed by atoms with Crippen molar-refractivity contribution in [3.63, 3.8) is 0 Å². The summed E-state index contributed by atoms with van der Waals surface area (Å²) in [7, 11) is 0. The van der Waals surface area contributed by atoms with Crippen LogP contribution < -0.4 is 5.73 Å². The molecule has 0 radical (unpaired) electrons. The lowest BCUT2D eigenvalue weighted by Crippen LogP contribution is -2.34. The van der Waals surface area contributed by atoms with Gasteiger partial charge in [-0.1, -0.05) is 0 Å². The quantitative estimate of drug-likeness (QED) is 0.677. The Morgan fingerprint density at radius 2 is 2.08 bits per heavy atom. The first-order valence-electron chi connectivity index (χ1n) is 7.81. The van der Waals surface area contributed by atoms with Crippen LogP contribution in [0.2, 0.25) is 0 Å². The van der Waals surface area contributed by atoms with Gasteiger partial charge in [-0.2, -0.15) is 5.10 Å². The molecule has 0 spiro atoms. The number of hydrogen-bond donors (Lipinski definition) is 1. The number of nitrogens with two attached hydrogens (primary N) is 1. The number of benzene rings is 1. The first-order chi connectivity index (χ1) is 11.5. The highest BCUT2D eigenvalue weighted by Gasteiger charge is 2.33. The Morgan fingerprint density at radius 3 is 2.67 bits per heavy atom. The van der Waals surface area contributed by atoms with E-state index >= 15 is 0 Å². The smallest absolute Gasteiger partial charge is 0.274 e. The molecule has 2 atom stereocenters. The van der Waals surface area contributed by atoms with Crippen LogP contribution in [0.25, 0.3) is 5.69 Å². The standard InChI is InChI=1S/C16H19N5O3/c1-11-8-12(9-17)10-19(11)16(22)15-6-7-20(18-15)13-2-4-14(5-3-13)21(23)24/h2-7,11-12H,8-10,17H2,1H3. The molecular weight excluding hydrogens is 310 g/mol. The molecule has 0 aliphatic carbocycles. The fraction of sp³-hybridized carbons (Fsp3) is 0.375. The van der Waals surface area contributed by atoms with Crippen LogP contribution >= 0.6 is 0 Å². The molecule has 0 saturated carbocycles. The molecule has 24 heavy (non-hydrogen) atoms. The van der Waals surface area contributed by atoms with E-state index in [-0.39, 0.29) is 17.6 Å². The normalized spacial score (nSPS) is 20.3. The van der Waals surface area contributed by atoms with E-state index in [1.165, 1.54) is 16.8 Å². The zero-order valence-electron chi connectivity index (χ0n) is 13.3. The SMILES string of the molecule is CC1CC(CN)CN1C(=O)c1ccn(-c2ccc([N+](=O)[O-])cc2)n1. The van der Waals surface area contributed by atoms with Gasteiger partial charge < -0.3 is 10.6 Å². The van der Waals surface area contributed by atoms with E-state index in [0.29, 0.717) is 30.4 Å². The maximum absolute atomic E-state index is 12.6. The van der Waals surface area contributed by atoms with Crippen molar-refractivity contribution in [2.24, 2.45) is 11.7 Å². The number of hydrogen-bond acceptors (Lipinski definition) is 5. The van der Waals surface area contributed by atoms with E-state index in [1.54, 1.807) is 29.3 Å². The average Bonchev–Trinajstić information content (AvgIpc) is 3.21. The molecule has 8 heteroatoms. The Labute approximate surface area is 139 Å². The monoisotopic (exact) mass is 329 g/mol. The second kappa shape index (κ2) is 6.40. The van der Waals surface area contributed by atoms with E-state index in [1.807, 2.05) is 6.92 Å². The van der Waals surface area contributed by atoms with Crippen molar-refractivity contribution < 1.29 is 9.72 Å². The van der Waals surface area contributed by atoms with Crippen LogP contribution in [0.1, 0.15) is 23.8 Å². The predicted molar refractivity (Wildman–Crippen MR) is 87.9 cm³/mol. The molecular formula is C16H19N5O3. The van der Waals surface area contributed by atoms with Crippen LogP contribution in [0, 0.1) is 16.0 Å². The number of nitrogens with zero attached hydrogens (tertiary/aromatic N) is 4. The molecule has 1 fully saturated rings. The van der Waals surface area contributed by atoms with Crippen molar-refractivity contribution in [3.8, 4) is 5.69 Å². The second-order valence-corrected chi connectivity index (χ2v) is 6.06. The average molecular weight is 329 g/mol. The third-order valence-corrected chi connectivity index (χ3v) is 4.39. The molecule has 1 aromatic heterocycles. The van der Waals surface area contributed by atoms with Gasteiger partial charge in [-0.3, -0.25) is 14.9 Å². The molecule has 2 N–H and O–H groups in total. The van der Waals surface area contributed by atoms with Gasteiger partial charge in [-0.05, 0) is 44.0 Å². The summed E-state index contributed by atoms with van der Waals surface area (Å²) < 4.78 is 1.54. The first kappa shape index (κ1) is 16.1. The van der Waals surface area contributed by atoms with Crippen molar-refractivity contribution >= 4 is 11.6 Å². The van der Waals surface area contributed by atoms with Crippen molar-refractivity contribution in [3.05, 3.63) is 52.3 Å². The van der Waals surface area contributed by atoms with Crippen LogP contribution in [0.15, 0.2) is 36.5 Å². The number of nitro benzene ring substituents is 1. The molecule has 2 unspecified atom stereocenters. The minimum absolute atomic E-state index is 0.0147. The Morgan fingerprint density at radius 1 is 1.38 bits per heavy atom. The lowest BCUT2D eigenvalue weighted by Gasteiger charge is -2.20. The van der Waals surface area contributed by atoms with E-state index < -0.39 is 4.92 Å². The molecule has 3 rings (SSSR count). The van der Waals surface area contributed by atoms with E-state index in [2.05, 4.69) is 5.10 Å². The van der Waals surface area contributed by atoms with Gasteiger partial charge in [0, 0.05) is 30.9 Å². The highest BCUT2D eigenvalue weighted by molar-refractivity contribution is 5.92. The van der Waals surface area contributed by atoms with Gasteiger partial charge in [0.15, 0.2) is 5.69 Å². The predicted octanol–water partition coefficient (Wildman–Crippen LogP) is 1.59. The molecule has 1 aliphatic heterocycles. The summed E-state index contributed by atoms with van der Waals surface area (Å²) >= 11 is 0. The molecule has 8 nitrogen and oxygen atoms in total. The van der Waals surface area contributed by atoms with Gasteiger partial charge in [0.2, 0.25) is 0 Å². The van der Waals surface area contributed by atoms with Crippen LogP contribution in [0.4, 0.5) is 5.69 Å². The Kier molecular flexibility index (Phi) is 4.30. The molecule has 1 saturated heterocycles. The lowest BCUT2D eigenvalue weighted by molar-refractivity contribution is -0.384. The largest absolute Gasteiger partial charge is 0.334 e. The molecule has 2 aromatic rings. The first-order valence-corrected chi connectivity index (χ1v) is 7.81. The van der Waals surface area contributed by atoms with Crippen LogP contribution in [0.5, 0.6) is 0 Å². The number of non-ortho nitro benzene ring substituents is 1. The fourth-order valence-electron chi connectivity index (χ4n) is 3.05. The third kappa shape index (κ3) is 3.00. The van der Waals surface area contributed by atoms with E-state index in [0.717, 1.165) is 6.42 Å². The van der Waals surface area contributed by atoms with E-state index in [9.17, 15) is 14.9 Å². The minimum atomic E-state index is -0.454. The molecule has 1 aromatic carbocycles. The van der Waals surface area contributed by atoms with Gasteiger partial charge in [0.05, 0.1) is 10.6 Å². The number of nitro groups is 1. The van der Waals surface area contributed by atoms with E-state index in [4.69, 9.17) is 5.73 Å². The maximum atomic E-state index is 12.6. The molecule has 126 valence electrons. The number of carbonyl (C=O) groups excluding carboxylic acids is 1. The van der Waals surface area contributed by atoms with Crippen molar-refractivity contribution in [1.82, 2.24) is 14.7 Å². The Hall–Kier alpha value is -2.74. The zero-order chi connectivity index (χ0) is 17.3. The fourth-order valence-corrected chi connectivity index (χ4v) is 3.05. The molecule has 1 amide bonds. The Balaban J connectivity index is 1.78. The third-order valence-electron chi connectivity index (χ3n) is 4.39. The van der Waals surface area contributed by atoms with Crippen molar-refractivity contribution in [1.29, 1.82) is 0 Å². The summed E-state index contributed by atoms with van der Waals surface area (Å²) in [6.45, 7) is 3.24. The number of aromatic nitrogens is 2. The Bertz CT molecular complexity index is 755. The molecule has 0 bridgehead atoms. The topological polar surface area (TPSA) is 107 Å². The van der Waals surface area contributed by atoms with Crippen molar-refractivity contribution in [2.45, 2.75) is 19.4 Å². The van der Waals surface area contributed by atoms with Crippen LogP contribution in [-0.2, 0) is 0 Å². The number of rotatable bonds is 4. The minimum Gasteiger partial charge on any atom is -0.334 e. The summed E-state index contributed by atoms with van der Waals surface area (Å²) in [5.74, 6) is 0.222. The van der Waals surface area contributed by atoms with Gasteiger partial charge in [-0.15, -0.1) is 0 Å². The number of carbonyl (C=O) groups is 1. The zero-order valence-corrected chi connectivity index (χ0v) is 13.3. The van der Waals surface area contributed by atoms with Gasteiger partial charge in [0.25, 0.3) is 11.6 Å².